The molecule has 0 aliphatic carbocycles. The van der Waals surface area contributed by atoms with Crippen molar-refractivity contribution < 1.29 is 28.7 Å². The van der Waals surface area contributed by atoms with Crippen molar-refractivity contribution in [2.24, 2.45) is 0 Å². The van der Waals surface area contributed by atoms with Crippen molar-refractivity contribution in [2.75, 3.05) is 17.2 Å². The molecule has 0 saturated carbocycles. The Morgan fingerprint density at radius 1 is 0.867 bits per heavy atom. The van der Waals surface area contributed by atoms with Gasteiger partial charge in [-0.05, 0) is 64.1 Å². The Morgan fingerprint density at radius 3 is 2.13 bits per heavy atom. The summed E-state index contributed by atoms with van der Waals surface area (Å²) in [6.07, 6.45) is -0.608. The van der Waals surface area contributed by atoms with Crippen molar-refractivity contribution in [1.29, 1.82) is 0 Å². The van der Waals surface area contributed by atoms with Crippen molar-refractivity contribution >= 4 is 35.1 Å². The number of amides is 2. The van der Waals surface area contributed by atoms with Gasteiger partial charge in [-0.25, -0.2) is 9.59 Å². The lowest BCUT2D eigenvalue weighted by Gasteiger charge is -2.19. The molecule has 0 spiro atoms. The number of carbonyl (C=O) groups excluding carboxylic acids is 4. The van der Waals surface area contributed by atoms with E-state index in [4.69, 9.17) is 9.47 Å². The van der Waals surface area contributed by atoms with Gasteiger partial charge in [0.05, 0.1) is 5.56 Å². The van der Waals surface area contributed by atoms with Gasteiger partial charge in [0, 0.05) is 16.9 Å². The maximum absolute atomic E-state index is 12.1. The van der Waals surface area contributed by atoms with Crippen LogP contribution in [0.15, 0.2) is 48.5 Å². The number of hydrogen-bond donors (Lipinski definition) is 2. The van der Waals surface area contributed by atoms with E-state index in [0.717, 1.165) is 0 Å². The van der Waals surface area contributed by atoms with Gasteiger partial charge in [0.2, 0.25) is 0 Å². The van der Waals surface area contributed by atoms with Crippen LogP contribution in [-0.2, 0) is 14.3 Å². The van der Waals surface area contributed by atoms with Gasteiger partial charge in [-0.1, -0.05) is 12.1 Å². The molecule has 0 heterocycles. The number of rotatable bonds is 6. The SMILES string of the molecule is CC(=O)c1cccc(NC(=O)COC(=O)c2ccc(NC(=O)OC(C)(C)C)cc2)c1. The summed E-state index contributed by atoms with van der Waals surface area (Å²) in [5.74, 6) is -1.35. The third-order valence-electron chi connectivity index (χ3n) is 3.65. The molecular formula is C22H24N2O6. The number of anilines is 2. The van der Waals surface area contributed by atoms with Gasteiger partial charge >= 0.3 is 12.1 Å². The topological polar surface area (TPSA) is 111 Å². The minimum absolute atomic E-state index is 0.123. The van der Waals surface area contributed by atoms with E-state index in [1.54, 1.807) is 45.0 Å². The van der Waals surface area contributed by atoms with Gasteiger partial charge in [-0.15, -0.1) is 0 Å². The highest BCUT2D eigenvalue weighted by Crippen LogP contribution is 2.14. The molecule has 158 valence electrons. The van der Waals surface area contributed by atoms with Crippen LogP contribution in [0.4, 0.5) is 16.2 Å². The van der Waals surface area contributed by atoms with Gasteiger partial charge in [0.1, 0.15) is 5.60 Å². The highest BCUT2D eigenvalue weighted by molar-refractivity contribution is 5.98. The first-order chi connectivity index (χ1) is 14.0. The lowest BCUT2D eigenvalue weighted by Crippen LogP contribution is -2.27. The van der Waals surface area contributed by atoms with Gasteiger partial charge in [0.25, 0.3) is 5.91 Å². The van der Waals surface area contributed by atoms with Crippen LogP contribution in [0.25, 0.3) is 0 Å². The highest BCUT2D eigenvalue weighted by atomic mass is 16.6. The van der Waals surface area contributed by atoms with Crippen LogP contribution >= 0.6 is 0 Å². The van der Waals surface area contributed by atoms with E-state index in [1.807, 2.05) is 0 Å². The number of ether oxygens (including phenoxy) is 2. The molecular weight excluding hydrogens is 388 g/mol. The average molecular weight is 412 g/mol. The first-order valence-electron chi connectivity index (χ1n) is 9.21. The Bertz CT molecular complexity index is 945. The number of hydrogen-bond acceptors (Lipinski definition) is 6. The predicted molar refractivity (Wildman–Crippen MR) is 112 cm³/mol. The lowest BCUT2D eigenvalue weighted by atomic mass is 10.1. The van der Waals surface area contributed by atoms with E-state index in [-0.39, 0.29) is 11.3 Å². The minimum atomic E-state index is -0.688. The lowest BCUT2D eigenvalue weighted by molar-refractivity contribution is -0.119. The van der Waals surface area contributed by atoms with E-state index >= 15 is 0 Å². The number of nitrogens with one attached hydrogen (secondary N) is 2. The molecule has 30 heavy (non-hydrogen) atoms. The maximum atomic E-state index is 12.1. The second-order valence-corrected chi connectivity index (χ2v) is 7.47. The number of ketones is 1. The first-order valence-corrected chi connectivity index (χ1v) is 9.21. The number of esters is 1. The highest BCUT2D eigenvalue weighted by Gasteiger charge is 2.16. The molecule has 0 aromatic heterocycles. The molecule has 0 aliphatic rings. The number of carbonyl (C=O) groups is 4. The molecule has 8 heteroatoms. The number of Topliss-reactive ketones (excluding diaryl/α,β-unsaturated/α-hetero) is 1. The summed E-state index contributed by atoms with van der Waals surface area (Å²) in [4.78, 5) is 47.2. The zero-order chi connectivity index (χ0) is 22.3. The van der Waals surface area contributed by atoms with Gasteiger partial charge in [-0.3, -0.25) is 14.9 Å². The van der Waals surface area contributed by atoms with Crippen LogP contribution in [0, 0.1) is 0 Å². The smallest absolute Gasteiger partial charge is 0.412 e. The van der Waals surface area contributed by atoms with Crippen LogP contribution in [0.2, 0.25) is 0 Å². The van der Waals surface area contributed by atoms with Gasteiger partial charge < -0.3 is 14.8 Å². The third-order valence-corrected chi connectivity index (χ3v) is 3.65. The standard InChI is InChI=1S/C22H24N2O6/c1-14(25)16-6-5-7-18(12-16)23-19(26)13-29-20(27)15-8-10-17(11-9-15)24-21(28)30-22(2,3)4/h5-12H,13H2,1-4H3,(H,23,26)(H,24,28). The van der Waals surface area contributed by atoms with Crippen molar-refractivity contribution in [3.05, 3.63) is 59.7 Å². The summed E-state index contributed by atoms with van der Waals surface area (Å²) in [6, 6.07) is 12.4. The third kappa shape index (κ3) is 7.38. The predicted octanol–water partition coefficient (Wildman–Crippen LogP) is 4.03. The molecule has 0 radical (unpaired) electrons. The molecule has 2 rings (SSSR count). The largest absolute Gasteiger partial charge is 0.452 e. The molecule has 2 N–H and O–H groups in total. The fourth-order valence-electron chi connectivity index (χ4n) is 2.34. The van der Waals surface area contributed by atoms with E-state index in [0.29, 0.717) is 16.9 Å². The zero-order valence-corrected chi connectivity index (χ0v) is 17.3. The molecule has 0 aliphatic heterocycles. The molecule has 2 aromatic carbocycles. The quantitative estimate of drug-likeness (QED) is 0.547. The summed E-state index contributed by atoms with van der Waals surface area (Å²) in [5.41, 5.74) is 0.938. The van der Waals surface area contributed by atoms with Crippen LogP contribution < -0.4 is 10.6 Å². The molecule has 0 unspecified atom stereocenters. The fraction of sp³-hybridized carbons (Fsp3) is 0.273. The zero-order valence-electron chi connectivity index (χ0n) is 17.3. The Kier molecular flexibility index (Phi) is 7.30. The Balaban J connectivity index is 1.86. The van der Waals surface area contributed by atoms with Crippen LogP contribution in [0.5, 0.6) is 0 Å². The van der Waals surface area contributed by atoms with Crippen LogP contribution in [0.1, 0.15) is 48.4 Å². The second kappa shape index (κ2) is 9.69. The average Bonchev–Trinajstić information content (AvgIpc) is 2.65. The monoisotopic (exact) mass is 412 g/mol. The summed E-state index contributed by atoms with van der Waals surface area (Å²) >= 11 is 0. The summed E-state index contributed by atoms with van der Waals surface area (Å²) in [7, 11) is 0. The van der Waals surface area contributed by atoms with Gasteiger partial charge in [-0.2, -0.15) is 0 Å². The van der Waals surface area contributed by atoms with E-state index < -0.39 is 30.2 Å². The van der Waals surface area contributed by atoms with E-state index in [2.05, 4.69) is 10.6 Å². The Labute approximate surface area is 174 Å². The van der Waals surface area contributed by atoms with Crippen molar-refractivity contribution in [2.45, 2.75) is 33.3 Å². The summed E-state index contributed by atoms with van der Waals surface area (Å²) in [5, 5.41) is 5.12. The summed E-state index contributed by atoms with van der Waals surface area (Å²) in [6.45, 7) is 6.20. The Hall–Kier alpha value is -3.68. The molecule has 2 amide bonds. The van der Waals surface area contributed by atoms with Crippen LogP contribution in [-0.4, -0.2) is 36.0 Å². The first kappa shape index (κ1) is 22.6. The van der Waals surface area contributed by atoms with Crippen LogP contribution in [0.3, 0.4) is 0 Å². The molecule has 0 fully saturated rings. The molecule has 2 aromatic rings. The van der Waals surface area contributed by atoms with Crippen molar-refractivity contribution in [1.82, 2.24) is 0 Å². The molecule has 0 saturated heterocycles. The normalized spacial score (nSPS) is 10.7. The van der Waals surface area contributed by atoms with E-state index in [9.17, 15) is 19.2 Å². The van der Waals surface area contributed by atoms with E-state index in [1.165, 1.54) is 31.2 Å². The molecule has 0 atom stereocenters. The number of benzene rings is 2. The molecule has 0 bridgehead atoms. The van der Waals surface area contributed by atoms with Crippen molar-refractivity contribution in [3.8, 4) is 0 Å². The van der Waals surface area contributed by atoms with Gasteiger partial charge in [0.15, 0.2) is 12.4 Å². The van der Waals surface area contributed by atoms with Crippen molar-refractivity contribution in [3.63, 3.8) is 0 Å². The fourth-order valence-corrected chi connectivity index (χ4v) is 2.34. The maximum Gasteiger partial charge on any atom is 0.412 e. The summed E-state index contributed by atoms with van der Waals surface area (Å²) < 4.78 is 10.1. The Morgan fingerprint density at radius 2 is 1.53 bits per heavy atom. The second-order valence-electron chi connectivity index (χ2n) is 7.47. The molecule has 8 nitrogen and oxygen atoms in total. The minimum Gasteiger partial charge on any atom is -0.452 e.